The van der Waals surface area contributed by atoms with Crippen LogP contribution in [0.1, 0.15) is 11.1 Å². The minimum absolute atomic E-state index is 0.0140. The fourth-order valence-corrected chi connectivity index (χ4v) is 5.00. The first-order valence-electron chi connectivity index (χ1n) is 11.1. The van der Waals surface area contributed by atoms with Gasteiger partial charge in [-0.05, 0) is 35.9 Å². The molecule has 5 rings (SSSR count). The van der Waals surface area contributed by atoms with Crippen LogP contribution in [-0.4, -0.2) is 59.4 Å². The third kappa shape index (κ3) is 5.42. The Hall–Kier alpha value is -3.29. The fraction of sp³-hybridized carbons (Fsp3) is 0.348. The first-order chi connectivity index (χ1) is 17.3. The smallest absolute Gasteiger partial charge is 0.379 e. The summed E-state index contributed by atoms with van der Waals surface area (Å²) in [6.45, 7) is 4.34. The molecule has 2 aromatic heterocycles. The molecule has 1 aliphatic heterocycles. The largest absolute Gasteiger partial charge is 0.439 e. The second-order valence-electron chi connectivity index (χ2n) is 8.31. The van der Waals surface area contributed by atoms with Gasteiger partial charge in [0.1, 0.15) is 5.82 Å². The van der Waals surface area contributed by atoms with E-state index in [1.807, 2.05) is 4.90 Å². The van der Waals surface area contributed by atoms with E-state index in [2.05, 4.69) is 24.5 Å². The van der Waals surface area contributed by atoms with Crippen LogP contribution < -0.4 is 10.7 Å². The fourth-order valence-electron chi connectivity index (χ4n) is 3.97. The molecule has 1 saturated heterocycles. The van der Waals surface area contributed by atoms with E-state index in [1.165, 1.54) is 18.2 Å². The molecule has 0 radical (unpaired) electrons. The molecular formula is C23H21F4N5O3S. The van der Waals surface area contributed by atoms with Crippen molar-refractivity contribution >= 4 is 26.7 Å². The maximum atomic E-state index is 14.8. The van der Waals surface area contributed by atoms with E-state index in [1.54, 1.807) is 6.07 Å². The highest BCUT2D eigenvalue weighted by Gasteiger charge is 2.31. The zero-order chi connectivity index (χ0) is 25.3. The van der Waals surface area contributed by atoms with Crippen molar-refractivity contribution in [3.05, 3.63) is 63.9 Å². The molecule has 3 heterocycles. The second kappa shape index (κ2) is 9.99. The van der Waals surface area contributed by atoms with E-state index < -0.39 is 23.3 Å². The number of H-pyrrole nitrogens is 1. The summed E-state index contributed by atoms with van der Waals surface area (Å²) < 4.78 is 64.6. The van der Waals surface area contributed by atoms with Gasteiger partial charge in [0.15, 0.2) is 11.0 Å². The summed E-state index contributed by atoms with van der Waals surface area (Å²) in [5, 5.41) is 4.06. The van der Waals surface area contributed by atoms with E-state index in [-0.39, 0.29) is 17.9 Å². The molecule has 0 spiro atoms. The lowest BCUT2D eigenvalue weighted by Crippen LogP contribution is -2.41. The van der Waals surface area contributed by atoms with E-state index in [4.69, 9.17) is 4.74 Å². The standard InChI is InChI=1S/C23H21F4N5O3S/c24-17-11-14(1-3-16(17)20-29-22(33)35-30-20)13-32(6-5-31-7-9-34-10-8-31)21-28-18-4-2-15(23(25,26)27)12-19(18)36-21/h1-4,11-12H,5-10,13H2,(H,29,30,33). The predicted molar refractivity (Wildman–Crippen MR) is 125 cm³/mol. The van der Waals surface area contributed by atoms with Crippen LogP contribution in [0.5, 0.6) is 0 Å². The lowest BCUT2D eigenvalue weighted by atomic mass is 10.1. The molecule has 1 aliphatic rings. The van der Waals surface area contributed by atoms with Gasteiger partial charge in [-0.2, -0.15) is 13.2 Å². The summed E-state index contributed by atoms with van der Waals surface area (Å²) in [5.41, 5.74) is 0.452. The average molecular weight is 524 g/mol. The third-order valence-electron chi connectivity index (χ3n) is 5.87. The van der Waals surface area contributed by atoms with E-state index >= 15 is 0 Å². The number of nitrogens with one attached hydrogen (secondary N) is 1. The number of ether oxygens (including phenoxy) is 1. The van der Waals surface area contributed by atoms with Crippen LogP contribution in [0.4, 0.5) is 22.7 Å². The van der Waals surface area contributed by atoms with Crippen LogP contribution >= 0.6 is 11.3 Å². The van der Waals surface area contributed by atoms with E-state index in [9.17, 15) is 22.4 Å². The van der Waals surface area contributed by atoms with Crippen molar-refractivity contribution in [2.75, 3.05) is 44.3 Å². The highest BCUT2D eigenvalue weighted by atomic mass is 32.1. The van der Waals surface area contributed by atoms with Crippen LogP contribution in [0.2, 0.25) is 0 Å². The molecule has 0 aliphatic carbocycles. The quantitative estimate of drug-likeness (QED) is 0.365. The molecule has 13 heteroatoms. The average Bonchev–Trinajstić information content (AvgIpc) is 3.47. The van der Waals surface area contributed by atoms with Crippen LogP contribution in [-0.2, 0) is 17.5 Å². The number of anilines is 1. The molecule has 1 N–H and O–H groups in total. The number of alkyl halides is 3. The van der Waals surface area contributed by atoms with Gasteiger partial charge in [0.2, 0.25) is 0 Å². The maximum absolute atomic E-state index is 14.8. The lowest BCUT2D eigenvalue weighted by molar-refractivity contribution is -0.137. The van der Waals surface area contributed by atoms with Gasteiger partial charge in [-0.1, -0.05) is 22.6 Å². The zero-order valence-corrected chi connectivity index (χ0v) is 19.7. The lowest BCUT2D eigenvalue weighted by Gasteiger charge is -2.30. The van der Waals surface area contributed by atoms with Gasteiger partial charge in [0, 0.05) is 32.7 Å². The molecule has 8 nitrogen and oxygen atoms in total. The van der Waals surface area contributed by atoms with Gasteiger partial charge >= 0.3 is 11.9 Å². The summed E-state index contributed by atoms with van der Waals surface area (Å²) >= 11 is 1.16. The number of aromatic nitrogens is 3. The molecular weight excluding hydrogens is 502 g/mol. The molecule has 0 atom stereocenters. The maximum Gasteiger partial charge on any atom is 0.439 e. The van der Waals surface area contributed by atoms with Gasteiger partial charge in [-0.25, -0.2) is 14.2 Å². The van der Waals surface area contributed by atoms with Gasteiger partial charge in [-0.3, -0.25) is 14.4 Å². The highest BCUT2D eigenvalue weighted by Crippen LogP contribution is 2.36. The van der Waals surface area contributed by atoms with Gasteiger partial charge in [0.05, 0.1) is 34.6 Å². The Morgan fingerprint density at radius 2 is 1.94 bits per heavy atom. The van der Waals surface area contributed by atoms with Crippen molar-refractivity contribution in [3.63, 3.8) is 0 Å². The molecule has 190 valence electrons. The number of morpholine rings is 1. The number of rotatable bonds is 7. The van der Waals surface area contributed by atoms with Crippen molar-refractivity contribution in [1.29, 1.82) is 0 Å². The number of benzene rings is 2. The Kier molecular flexibility index (Phi) is 6.77. The topological polar surface area (TPSA) is 87.5 Å². The van der Waals surface area contributed by atoms with E-state index in [0.717, 1.165) is 36.6 Å². The molecule has 0 unspecified atom stereocenters. The minimum atomic E-state index is -4.44. The minimum Gasteiger partial charge on any atom is -0.379 e. The van der Waals surface area contributed by atoms with Crippen LogP contribution in [0.3, 0.4) is 0 Å². The van der Waals surface area contributed by atoms with Crippen molar-refractivity contribution in [3.8, 4) is 11.4 Å². The van der Waals surface area contributed by atoms with Crippen LogP contribution in [0.15, 0.2) is 45.7 Å². The monoisotopic (exact) mass is 523 g/mol. The summed E-state index contributed by atoms with van der Waals surface area (Å²) in [4.78, 5) is 22.2. The van der Waals surface area contributed by atoms with Crippen molar-refractivity contribution in [2.45, 2.75) is 12.7 Å². The SMILES string of the molecule is O=c1[nH]c(-c2ccc(CN(CCN3CCOCC3)c3nc4ccc(C(F)(F)F)cc4s3)cc2F)no1. The number of nitrogens with zero attached hydrogens (tertiary/aromatic N) is 4. The van der Waals surface area contributed by atoms with Crippen molar-refractivity contribution < 1.29 is 26.8 Å². The van der Waals surface area contributed by atoms with Gasteiger partial charge in [-0.15, -0.1) is 0 Å². The Bertz CT molecular complexity index is 1410. The van der Waals surface area contributed by atoms with Crippen molar-refractivity contribution in [1.82, 2.24) is 20.0 Å². The first kappa shape index (κ1) is 24.4. The zero-order valence-electron chi connectivity index (χ0n) is 18.8. The molecule has 2 aromatic carbocycles. The second-order valence-corrected chi connectivity index (χ2v) is 9.32. The first-order valence-corrected chi connectivity index (χ1v) is 12.0. The van der Waals surface area contributed by atoms with E-state index in [0.29, 0.717) is 47.2 Å². The molecule has 36 heavy (non-hydrogen) atoms. The summed E-state index contributed by atoms with van der Waals surface area (Å²) in [6.07, 6.45) is -4.44. The molecule has 0 amide bonds. The van der Waals surface area contributed by atoms with Gasteiger partial charge < -0.3 is 9.64 Å². The number of thiazole rings is 1. The molecule has 0 bridgehead atoms. The number of hydrogen-bond acceptors (Lipinski definition) is 8. The normalized spacial score (nSPS) is 15.0. The Labute approximate surface area is 206 Å². The molecule has 4 aromatic rings. The molecule has 0 saturated carbocycles. The number of fused-ring (bicyclic) bond motifs is 1. The van der Waals surface area contributed by atoms with Gasteiger partial charge in [0.25, 0.3) is 0 Å². The Morgan fingerprint density at radius 1 is 1.14 bits per heavy atom. The summed E-state index contributed by atoms with van der Waals surface area (Å²) in [5.74, 6) is -1.39. The molecule has 1 fully saturated rings. The summed E-state index contributed by atoms with van der Waals surface area (Å²) in [6, 6.07) is 8.01. The number of hydrogen-bond donors (Lipinski definition) is 1. The number of halogens is 4. The van der Waals surface area contributed by atoms with Crippen LogP contribution in [0, 0.1) is 5.82 Å². The predicted octanol–water partition coefficient (Wildman–Crippen LogP) is 4.14. The van der Waals surface area contributed by atoms with Crippen molar-refractivity contribution in [2.24, 2.45) is 0 Å². The summed E-state index contributed by atoms with van der Waals surface area (Å²) in [7, 11) is 0. The van der Waals surface area contributed by atoms with Crippen LogP contribution in [0.25, 0.3) is 21.6 Å². The highest BCUT2D eigenvalue weighted by molar-refractivity contribution is 7.22. The number of aromatic amines is 1. The third-order valence-corrected chi connectivity index (χ3v) is 6.95. The Balaban J connectivity index is 1.42. The Morgan fingerprint density at radius 3 is 2.64 bits per heavy atom.